The lowest BCUT2D eigenvalue weighted by Gasteiger charge is -2.30. The van der Waals surface area contributed by atoms with Crippen molar-refractivity contribution in [2.45, 2.75) is 46.6 Å². The molecular formula is C17H33N7. The highest BCUT2D eigenvalue weighted by Crippen LogP contribution is 2.15. The molecule has 1 fully saturated rings. The molecule has 1 aliphatic heterocycles. The number of hydrogen-bond donors (Lipinski definition) is 2. The standard InChI is InChI=1S/C17H33N7/c1-5-18-17(20-13-16-22-21-15(3)23(16)4)19-9-6-10-24-11-7-14(2)8-12-24/h14H,5-13H2,1-4H3,(H2,18,19,20). The van der Waals surface area contributed by atoms with E-state index in [0.29, 0.717) is 6.54 Å². The van der Waals surface area contributed by atoms with Gasteiger partial charge < -0.3 is 20.1 Å². The van der Waals surface area contributed by atoms with Gasteiger partial charge in [-0.1, -0.05) is 6.92 Å². The van der Waals surface area contributed by atoms with Gasteiger partial charge in [-0.15, -0.1) is 10.2 Å². The van der Waals surface area contributed by atoms with E-state index in [4.69, 9.17) is 0 Å². The van der Waals surface area contributed by atoms with Gasteiger partial charge in [-0.3, -0.25) is 0 Å². The summed E-state index contributed by atoms with van der Waals surface area (Å²) < 4.78 is 1.98. The van der Waals surface area contributed by atoms with Crippen LogP contribution in [-0.4, -0.2) is 58.3 Å². The molecule has 136 valence electrons. The Morgan fingerprint density at radius 3 is 2.62 bits per heavy atom. The zero-order chi connectivity index (χ0) is 17.4. The Kier molecular flexibility index (Phi) is 7.49. The van der Waals surface area contributed by atoms with E-state index in [1.54, 1.807) is 0 Å². The second-order valence-corrected chi connectivity index (χ2v) is 6.72. The first kappa shape index (κ1) is 18.7. The highest BCUT2D eigenvalue weighted by molar-refractivity contribution is 5.79. The number of nitrogens with zero attached hydrogens (tertiary/aromatic N) is 5. The molecule has 2 heterocycles. The van der Waals surface area contributed by atoms with Gasteiger partial charge in [0.05, 0.1) is 0 Å². The topological polar surface area (TPSA) is 70.4 Å². The average Bonchev–Trinajstić information content (AvgIpc) is 2.90. The maximum Gasteiger partial charge on any atom is 0.191 e. The van der Waals surface area contributed by atoms with Crippen molar-refractivity contribution >= 4 is 5.96 Å². The molecule has 0 unspecified atom stereocenters. The van der Waals surface area contributed by atoms with E-state index in [1.807, 2.05) is 18.5 Å². The Hall–Kier alpha value is -1.63. The van der Waals surface area contributed by atoms with Crippen molar-refractivity contribution in [2.24, 2.45) is 18.0 Å². The molecule has 0 aliphatic carbocycles. The maximum atomic E-state index is 4.61. The molecule has 0 bridgehead atoms. The Balaban J connectivity index is 1.72. The second-order valence-electron chi connectivity index (χ2n) is 6.72. The number of aliphatic imine (C=N–C) groups is 1. The van der Waals surface area contributed by atoms with Gasteiger partial charge in [-0.05, 0) is 58.7 Å². The molecule has 1 aromatic heterocycles. The van der Waals surface area contributed by atoms with Crippen LogP contribution in [0.1, 0.15) is 44.8 Å². The maximum absolute atomic E-state index is 4.61. The van der Waals surface area contributed by atoms with Crippen LogP contribution < -0.4 is 10.6 Å². The lowest BCUT2D eigenvalue weighted by molar-refractivity contribution is 0.191. The molecule has 0 amide bonds. The van der Waals surface area contributed by atoms with Crippen LogP contribution in [0.3, 0.4) is 0 Å². The van der Waals surface area contributed by atoms with Crippen LogP contribution in [0.25, 0.3) is 0 Å². The lowest BCUT2D eigenvalue weighted by Crippen LogP contribution is -2.39. The van der Waals surface area contributed by atoms with Gasteiger partial charge in [-0.25, -0.2) is 4.99 Å². The zero-order valence-electron chi connectivity index (χ0n) is 15.7. The van der Waals surface area contributed by atoms with E-state index < -0.39 is 0 Å². The third-order valence-corrected chi connectivity index (χ3v) is 4.73. The van der Waals surface area contributed by atoms with Crippen LogP contribution in [0.4, 0.5) is 0 Å². The van der Waals surface area contributed by atoms with Crippen molar-refractivity contribution < 1.29 is 0 Å². The Labute approximate surface area is 145 Å². The molecule has 2 rings (SSSR count). The molecule has 2 N–H and O–H groups in total. The number of nitrogens with one attached hydrogen (secondary N) is 2. The molecule has 24 heavy (non-hydrogen) atoms. The number of aromatic nitrogens is 3. The van der Waals surface area contributed by atoms with E-state index in [0.717, 1.165) is 43.0 Å². The smallest absolute Gasteiger partial charge is 0.191 e. The summed E-state index contributed by atoms with van der Waals surface area (Å²) in [6, 6.07) is 0. The number of rotatable bonds is 7. The normalized spacial score (nSPS) is 17.2. The quantitative estimate of drug-likeness (QED) is 0.446. The Bertz CT molecular complexity index is 515. The number of piperidine rings is 1. The fourth-order valence-corrected chi connectivity index (χ4v) is 2.88. The number of hydrogen-bond acceptors (Lipinski definition) is 4. The molecule has 1 aliphatic rings. The molecule has 0 saturated carbocycles. The third-order valence-electron chi connectivity index (χ3n) is 4.73. The van der Waals surface area contributed by atoms with E-state index >= 15 is 0 Å². The molecule has 0 spiro atoms. The predicted molar refractivity (Wildman–Crippen MR) is 98.0 cm³/mol. The minimum Gasteiger partial charge on any atom is -0.357 e. The Morgan fingerprint density at radius 2 is 2.00 bits per heavy atom. The SMILES string of the molecule is CCNC(=NCc1nnc(C)n1C)NCCCN1CCC(C)CC1. The van der Waals surface area contributed by atoms with Crippen molar-refractivity contribution in [1.29, 1.82) is 0 Å². The van der Waals surface area contributed by atoms with Crippen LogP contribution in [0.15, 0.2) is 4.99 Å². The minimum atomic E-state index is 0.538. The number of likely N-dealkylation sites (tertiary alicyclic amines) is 1. The summed E-state index contributed by atoms with van der Waals surface area (Å²) in [6.45, 7) is 12.4. The first-order valence-electron chi connectivity index (χ1n) is 9.19. The summed E-state index contributed by atoms with van der Waals surface area (Å²) in [4.78, 5) is 7.19. The molecule has 7 nitrogen and oxygen atoms in total. The average molecular weight is 336 g/mol. The van der Waals surface area contributed by atoms with Crippen LogP contribution >= 0.6 is 0 Å². The fourth-order valence-electron chi connectivity index (χ4n) is 2.88. The predicted octanol–water partition coefficient (Wildman–Crippen LogP) is 1.30. The van der Waals surface area contributed by atoms with Gasteiger partial charge in [0.15, 0.2) is 11.8 Å². The van der Waals surface area contributed by atoms with Crippen molar-refractivity contribution in [3.8, 4) is 0 Å². The van der Waals surface area contributed by atoms with Gasteiger partial charge in [-0.2, -0.15) is 0 Å². The van der Waals surface area contributed by atoms with Crippen molar-refractivity contribution in [3.63, 3.8) is 0 Å². The van der Waals surface area contributed by atoms with Crippen molar-refractivity contribution in [3.05, 3.63) is 11.6 Å². The van der Waals surface area contributed by atoms with Gasteiger partial charge in [0.25, 0.3) is 0 Å². The summed E-state index contributed by atoms with van der Waals surface area (Å²) in [7, 11) is 1.97. The third kappa shape index (κ3) is 5.78. The fraction of sp³-hybridized carbons (Fsp3) is 0.824. The summed E-state index contributed by atoms with van der Waals surface area (Å²) in [5.41, 5.74) is 0. The number of aryl methyl sites for hydroxylation is 1. The molecule has 0 atom stereocenters. The van der Waals surface area contributed by atoms with Gasteiger partial charge in [0.1, 0.15) is 12.4 Å². The van der Waals surface area contributed by atoms with Gasteiger partial charge in [0.2, 0.25) is 0 Å². The summed E-state index contributed by atoms with van der Waals surface area (Å²) in [5.74, 6) is 3.54. The molecule has 1 saturated heterocycles. The molecule has 0 aromatic carbocycles. The Morgan fingerprint density at radius 1 is 1.25 bits per heavy atom. The van der Waals surface area contributed by atoms with E-state index in [-0.39, 0.29) is 0 Å². The van der Waals surface area contributed by atoms with Crippen LogP contribution in [0.5, 0.6) is 0 Å². The van der Waals surface area contributed by atoms with Crippen LogP contribution in [0.2, 0.25) is 0 Å². The summed E-state index contributed by atoms with van der Waals surface area (Å²) >= 11 is 0. The van der Waals surface area contributed by atoms with Crippen LogP contribution in [-0.2, 0) is 13.6 Å². The number of guanidine groups is 1. The highest BCUT2D eigenvalue weighted by atomic mass is 15.3. The first-order chi connectivity index (χ1) is 11.6. The molecule has 1 aromatic rings. The summed E-state index contributed by atoms with van der Waals surface area (Å²) in [6.07, 6.45) is 3.82. The molecular weight excluding hydrogens is 302 g/mol. The summed E-state index contributed by atoms with van der Waals surface area (Å²) in [5, 5.41) is 14.9. The van der Waals surface area contributed by atoms with E-state index in [2.05, 4.69) is 44.6 Å². The molecule has 7 heteroatoms. The van der Waals surface area contributed by atoms with Gasteiger partial charge >= 0.3 is 0 Å². The monoisotopic (exact) mass is 335 g/mol. The first-order valence-corrected chi connectivity index (χ1v) is 9.19. The molecule has 0 radical (unpaired) electrons. The van der Waals surface area contributed by atoms with E-state index in [1.165, 1.54) is 32.5 Å². The largest absolute Gasteiger partial charge is 0.357 e. The van der Waals surface area contributed by atoms with Gasteiger partial charge in [0, 0.05) is 20.1 Å². The van der Waals surface area contributed by atoms with E-state index in [9.17, 15) is 0 Å². The minimum absolute atomic E-state index is 0.538. The highest BCUT2D eigenvalue weighted by Gasteiger charge is 2.14. The van der Waals surface area contributed by atoms with Crippen molar-refractivity contribution in [2.75, 3.05) is 32.7 Å². The lowest BCUT2D eigenvalue weighted by atomic mass is 9.99. The second kappa shape index (κ2) is 9.61. The van der Waals surface area contributed by atoms with Crippen LogP contribution in [0, 0.1) is 12.8 Å². The zero-order valence-corrected chi connectivity index (χ0v) is 15.7. The van der Waals surface area contributed by atoms with Crippen molar-refractivity contribution in [1.82, 2.24) is 30.3 Å².